The predicted octanol–water partition coefficient (Wildman–Crippen LogP) is 1.17. The molecule has 2 unspecified atom stereocenters. The van der Waals surface area contributed by atoms with Gasteiger partial charge in [0.25, 0.3) is 0 Å². The highest BCUT2D eigenvalue weighted by atomic mass is 15.5. The molecule has 1 aliphatic heterocycles. The van der Waals surface area contributed by atoms with Crippen molar-refractivity contribution < 1.29 is 0 Å². The van der Waals surface area contributed by atoms with E-state index in [0.717, 1.165) is 31.9 Å². The maximum absolute atomic E-state index is 4.03. The van der Waals surface area contributed by atoms with Crippen LogP contribution in [0, 0.1) is 0 Å². The van der Waals surface area contributed by atoms with Gasteiger partial charge in [-0.1, -0.05) is 35.5 Å². The van der Waals surface area contributed by atoms with Crippen molar-refractivity contribution >= 4 is 0 Å². The molecule has 1 aromatic carbocycles. The van der Waals surface area contributed by atoms with E-state index in [-0.39, 0.29) is 6.04 Å². The predicted molar refractivity (Wildman–Crippen MR) is 80.7 cm³/mol. The van der Waals surface area contributed by atoms with Gasteiger partial charge in [-0.15, -0.1) is 10.2 Å². The van der Waals surface area contributed by atoms with Crippen molar-refractivity contribution in [3.05, 3.63) is 41.7 Å². The highest BCUT2D eigenvalue weighted by molar-refractivity contribution is 5.14. The van der Waals surface area contributed by atoms with Crippen LogP contribution in [0.2, 0.25) is 0 Å². The van der Waals surface area contributed by atoms with Crippen molar-refractivity contribution in [3.63, 3.8) is 0 Å². The monoisotopic (exact) mass is 286 g/mol. The number of tetrazole rings is 1. The fourth-order valence-corrected chi connectivity index (χ4v) is 2.88. The number of nitrogens with zero attached hydrogens (tertiary/aromatic N) is 4. The molecule has 3 rings (SSSR count). The highest BCUT2D eigenvalue weighted by Crippen LogP contribution is 2.14. The van der Waals surface area contributed by atoms with E-state index >= 15 is 0 Å². The first-order chi connectivity index (χ1) is 10.3. The summed E-state index contributed by atoms with van der Waals surface area (Å²) < 4.78 is 0. The first kappa shape index (κ1) is 14.2. The van der Waals surface area contributed by atoms with Crippen molar-refractivity contribution in [2.75, 3.05) is 19.6 Å². The zero-order valence-electron chi connectivity index (χ0n) is 12.4. The second-order valence-electron chi connectivity index (χ2n) is 5.68. The van der Waals surface area contributed by atoms with E-state index in [4.69, 9.17) is 0 Å². The molecule has 1 aliphatic rings. The van der Waals surface area contributed by atoms with Crippen molar-refractivity contribution in [2.45, 2.75) is 31.8 Å². The molecule has 0 bridgehead atoms. The van der Waals surface area contributed by atoms with Crippen molar-refractivity contribution in [1.29, 1.82) is 0 Å². The Labute approximate surface area is 124 Å². The minimum absolute atomic E-state index is 0.142. The van der Waals surface area contributed by atoms with Crippen LogP contribution in [0.25, 0.3) is 0 Å². The number of hydrogen-bond acceptors (Lipinski definition) is 5. The topological polar surface area (TPSA) is 69.7 Å². The van der Waals surface area contributed by atoms with Crippen molar-refractivity contribution in [3.8, 4) is 0 Å². The van der Waals surface area contributed by atoms with E-state index < -0.39 is 0 Å². The summed E-state index contributed by atoms with van der Waals surface area (Å²) in [5, 5.41) is 17.8. The molecule has 2 N–H and O–H groups in total. The lowest BCUT2D eigenvalue weighted by Gasteiger charge is -2.18. The Balaban J connectivity index is 1.43. The van der Waals surface area contributed by atoms with Gasteiger partial charge in [-0.05, 0) is 31.9 Å². The molecule has 0 saturated carbocycles. The van der Waals surface area contributed by atoms with E-state index in [2.05, 4.69) is 68.1 Å². The van der Waals surface area contributed by atoms with Gasteiger partial charge in [0.15, 0.2) is 5.82 Å². The average molecular weight is 286 g/mol. The first-order valence-electron chi connectivity index (χ1n) is 7.57. The van der Waals surface area contributed by atoms with Gasteiger partial charge < -0.3 is 10.2 Å². The summed E-state index contributed by atoms with van der Waals surface area (Å²) in [4.78, 5) is 2.52. The summed E-state index contributed by atoms with van der Waals surface area (Å²) in [6.45, 7) is 5.45. The van der Waals surface area contributed by atoms with Gasteiger partial charge in [-0.3, -0.25) is 0 Å². The van der Waals surface area contributed by atoms with Crippen LogP contribution in [0.3, 0.4) is 0 Å². The Bertz CT molecular complexity index is 526. The Kier molecular flexibility index (Phi) is 4.57. The highest BCUT2D eigenvalue weighted by Gasteiger charge is 2.24. The molecule has 0 spiro atoms. The van der Waals surface area contributed by atoms with E-state index in [0.29, 0.717) is 6.04 Å². The van der Waals surface area contributed by atoms with Crippen LogP contribution < -0.4 is 5.32 Å². The molecule has 112 valence electrons. The second kappa shape index (κ2) is 6.78. The smallest absolute Gasteiger partial charge is 0.191 e. The molecule has 0 amide bonds. The van der Waals surface area contributed by atoms with Gasteiger partial charge in [0, 0.05) is 19.1 Å². The third kappa shape index (κ3) is 3.86. The molecule has 1 aromatic heterocycles. The Morgan fingerprint density at radius 1 is 1.38 bits per heavy atom. The number of nitrogens with one attached hydrogen (secondary N) is 2. The quantitative estimate of drug-likeness (QED) is 0.834. The maximum atomic E-state index is 4.03. The molecule has 0 aliphatic carbocycles. The SMILES string of the molecule is CC(NC1CCN(CCc2ccccc2)C1)c1nn[nH]n1. The Morgan fingerprint density at radius 2 is 2.24 bits per heavy atom. The maximum Gasteiger partial charge on any atom is 0.191 e. The number of rotatable bonds is 6. The van der Waals surface area contributed by atoms with Gasteiger partial charge >= 0.3 is 0 Å². The lowest BCUT2D eigenvalue weighted by Crippen LogP contribution is -2.35. The van der Waals surface area contributed by atoms with E-state index in [1.807, 2.05) is 0 Å². The number of H-pyrrole nitrogens is 1. The minimum atomic E-state index is 0.142. The second-order valence-corrected chi connectivity index (χ2v) is 5.68. The molecule has 2 heterocycles. The first-order valence-corrected chi connectivity index (χ1v) is 7.57. The lowest BCUT2D eigenvalue weighted by molar-refractivity contribution is 0.326. The van der Waals surface area contributed by atoms with Gasteiger partial charge in [0.1, 0.15) is 0 Å². The minimum Gasteiger partial charge on any atom is -0.303 e. The molecule has 2 atom stereocenters. The standard InChI is InChI=1S/C15H22N6/c1-12(15-17-19-20-18-15)16-14-8-10-21(11-14)9-7-13-5-3-2-4-6-13/h2-6,12,14,16H,7-11H2,1H3,(H,17,18,19,20). The van der Waals surface area contributed by atoms with Gasteiger partial charge in [0.2, 0.25) is 0 Å². The van der Waals surface area contributed by atoms with E-state index in [9.17, 15) is 0 Å². The molecule has 1 saturated heterocycles. The summed E-state index contributed by atoms with van der Waals surface area (Å²) >= 11 is 0. The number of aromatic nitrogens is 4. The van der Waals surface area contributed by atoms with E-state index in [1.165, 1.54) is 12.0 Å². The molecular weight excluding hydrogens is 264 g/mol. The fraction of sp³-hybridized carbons (Fsp3) is 0.533. The summed E-state index contributed by atoms with van der Waals surface area (Å²) in [7, 11) is 0. The zero-order valence-corrected chi connectivity index (χ0v) is 12.4. The number of benzene rings is 1. The van der Waals surface area contributed by atoms with E-state index in [1.54, 1.807) is 0 Å². The summed E-state index contributed by atoms with van der Waals surface area (Å²) in [6, 6.07) is 11.3. The van der Waals surface area contributed by atoms with Gasteiger partial charge in [-0.25, -0.2) is 0 Å². The summed E-state index contributed by atoms with van der Waals surface area (Å²) in [5.74, 6) is 0.734. The normalized spacial score (nSPS) is 20.7. The summed E-state index contributed by atoms with van der Waals surface area (Å²) in [6.07, 6.45) is 2.30. The van der Waals surface area contributed by atoms with Crippen LogP contribution in [-0.2, 0) is 6.42 Å². The van der Waals surface area contributed by atoms with Crippen LogP contribution in [0.15, 0.2) is 30.3 Å². The summed E-state index contributed by atoms with van der Waals surface area (Å²) in [5.41, 5.74) is 1.41. The fourth-order valence-electron chi connectivity index (χ4n) is 2.88. The van der Waals surface area contributed by atoms with Crippen molar-refractivity contribution in [1.82, 2.24) is 30.8 Å². The van der Waals surface area contributed by atoms with Crippen LogP contribution in [0.5, 0.6) is 0 Å². The van der Waals surface area contributed by atoms with Crippen LogP contribution in [0.4, 0.5) is 0 Å². The molecular formula is C15H22N6. The third-order valence-electron chi connectivity index (χ3n) is 4.07. The van der Waals surface area contributed by atoms with Gasteiger partial charge in [-0.2, -0.15) is 5.21 Å². The molecule has 2 aromatic rings. The average Bonchev–Trinajstić information content (AvgIpc) is 3.18. The number of hydrogen-bond donors (Lipinski definition) is 2. The zero-order chi connectivity index (χ0) is 14.5. The Morgan fingerprint density at radius 3 is 3.00 bits per heavy atom. The third-order valence-corrected chi connectivity index (χ3v) is 4.07. The molecule has 21 heavy (non-hydrogen) atoms. The molecule has 1 fully saturated rings. The largest absolute Gasteiger partial charge is 0.303 e. The van der Waals surface area contributed by atoms with Crippen LogP contribution >= 0.6 is 0 Å². The molecule has 0 radical (unpaired) electrons. The van der Waals surface area contributed by atoms with Crippen LogP contribution in [-0.4, -0.2) is 51.2 Å². The lowest BCUT2D eigenvalue weighted by atomic mass is 10.1. The number of aromatic amines is 1. The Hall–Kier alpha value is -1.79. The van der Waals surface area contributed by atoms with Gasteiger partial charge in [0.05, 0.1) is 6.04 Å². The molecule has 6 nitrogen and oxygen atoms in total. The van der Waals surface area contributed by atoms with Crippen molar-refractivity contribution in [2.24, 2.45) is 0 Å². The van der Waals surface area contributed by atoms with Crippen LogP contribution in [0.1, 0.15) is 30.8 Å². The number of likely N-dealkylation sites (tertiary alicyclic amines) is 1. The molecule has 6 heteroatoms.